The van der Waals surface area contributed by atoms with Crippen molar-refractivity contribution in [3.63, 3.8) is 0 Å². The van der Waals surface area contributed by atoms with Crippen LogP contribution in [0.2, 0.25) is 0 Å². The van der Waals surface area contributed by atoms with Crippen molar-refractivity contribution >= 4 is 11.9 Å². The largest absolute Gasteiger partial charge is 0.479 e. The predicted molar refractivity (Wildman–Crippen MR) is 42.8 cm³/mol. The van der Waals surface area contributed by atoms with Crippen molar-refractivity contribution < 1.29 is 14.7 Å². The Morgan fingerprint density at radius 1 is 1.54 bits per heavy atom. The molecule has 1 saturated heterocycles. The monoisotopic (exact) mass is 181 g/mol. The summed E-state index contributed by atoms with van der Waals surface area (Å²) in [6, 6.07) is 0. The lowest BCUT2D eigenvalue weighted by Gasteiger charge is -2.31. The molecule has 70 valence electrons. The number of amides is 1. The SMILES string of the molecule is O=C1NC2(C(=O)O)CC3CCC2C13. The van der Waals surface area contributed by atoms with Crippen molar-refractivity contribution in [3.8, 4) is 0 Å². The van der Waals surface area contributed by atoms with Gasteiger partial charge in [0.2, 0.25) is 5.91 Å². The third-order valence-corrected chi connectivity index (χ3v) is 4.04. The minimum atomic E-state index is -0.884. The number of carboxylic acid groups (broad SMARTS) is 1. The summed E-state index contributed by atoms with van der Waals surface area (Å²) in [5.74, 6) is -0.440. The number of carboxylic acids is 1. The van der Waals surface area contributed by atoms with Gasteiger partial charge in [-0.05, 0) is 25.2 Å². The van der Waals surface area contributed by atoms with E-state index in [1.807, 2.05) is 0 Å². The van der Waals surface area contributed by atoms with Gasteiger partial charge in [-0.2, -0.15) is 0 Å². The van der Waals surface area contributed by atoms with Crippen LogP contribution in [0.15, 0.2) is 0 Å². The molecule has 3 fully saturated rings. The summed E-state index contributed by atoms with van der Waals surface area (Å²) < 4.78 is 0. The van der Waals surface area contributed by atoms with Gasteiger partial charge < -0.3 is 10.4 Å². The Kier molecular flexibility index (Phi) is 1.07. The van der Waals surface area contributed by atoms with E-state index in [4.69, 9.17) is 5.11 Å². The Balaban J connectivity index is 2.09. The van der Waals surface area contributed by atoms with Gasteiger partial charge in [0.1, 0.15) is 5.54 Å². The van der Waals surface area contributed by atoms with Gasteiger partial charge >= 0.3 is 5.97 Å². The Morgan fingerprint density at radius 2 is 2.31 bits per heavy atom. The Bertz CT molecular complexity index is 312. The van der Waals surface area contributed by atoms with Crippen LogP contribution >= 0.6 is 0 Å². The molecule has 3 aliphatic rings. The summed E-state index contributed by atoms with van der Waals surface area (Å²) >= 11 is 0. The van der Waals surface area contributed by atoms with Crippen molar-refractivity contribution in [2.75, 3.05) is 0 Å². The van der Waals surface area contributed by atoms with Crippen LogP contribution in [0, 0.1) is 17.8 Å². The second-order valence-corrected chi connectivity index (χ2v) is 4.44. The number of carbonyl (C=O) groups excluding carboxylic acids is 1. The molecule has 4 bridgehead atoms. The number of carbonyl (C=O) groups is 2. The summed E-state index contributed by atoms with van der Waals surface area (Å²) in [5.41, 5.74) is -0.884. The summed E-state index contributed by atoms with van der Waals surface area (Å²) in [6.07, 6.45) is 2.60. The fourth-order valence-corrected chi connectivity index (χ4v) is 3.57. The Hall–Kier alpha value is -1.06. The molecule has 1 aliphatic heterocycles. The molecule has 2 N–H and O–H groups in total. The smallest absolute Gasteiger partial charge is 0.329 e. The first-order chi connectivity index (χ1) is 6.15. The van der Waals surface area contributed by atoms with Gasteiger partial charge in [-0.3, -0.25) is 4.79 Å². The molecule has 0 spiro atoms. The third kappa shape index (κ3) is 0.607. The fraction of sp³-hybridized carbons (Fsp3) is 0.778. The molecule has 1 amide bonds. The highest BCUT2D eigenvalue weighted by molar-refractivity contribution is 5.95. The molecule has 0 aromatic heterocycles. The number of rotatable bonds is 1. The van der Waals surface area contributed by atoms with Crippen LogP contribution < -0.4 is 5.32 Å². The van der Waals surface area contributed by atoms with Crippen molar-refractivity contribution in [3.05, 3.63) is 0 Å². The van der Waals surface area contributed by atoms with Crippen molar-refractivity contribution in [1.29, 1.82) is 0 Å². The normalized spacial score (nSPS) is 51.1. The topological polar surface area (TPSA) is 66.4 Å². The summed E-state index contributed by atoms with van der Waals surface area (Å²) in [7, 11) is 0. The van der Waals surface area contributed by atoms with E-state index < -0.39 is 11.5 Å². The summed E-state index contributed by atoms with van der Waals surface area (Å²) in [4.78, 5) is 22.5. The van der Waals surface area contributed by atoms with Gasteiger partial charge in [-0.25, -0.2) is 4.79 Å². The zero-order chi connectivity index (χ0) is 9.22. The van der Waals surface area contributed by atoms with Gasteiger partial charge in [0.05, 0.1) is 0 Å². The maximum absolute atomic E-state index is 11.4. The first-order valence-corrected chi connectivity index (χ1v) is 4.70. The molecule has 0 aromatic rings. The quantitative estimate of drug-likeness (QED) is 0.597. The number of piperidine rings is 1. The molecule has 4 nitrogen and oxygen atoms in total. The predicted octanol–water partition coefficient (Wildman–Crippen LogP) is -0.0143. The van der Waals surface area contributed by atoms with E-state index in [0.717, 1.165) is 12.8 Å². The second kappa shape index (κ2) is 1.89. The molecule has 2 saturated carbocycles. The van der Waals surface area contributed by atoms with Crippen molar-refractivity contribution in [2.45, 2.75) is 24.8 Å². The molecule has 4 unspecified atom stereocenters. The molecule has 3 rings (SSSR count). The lowest BCUT2D eigenvalue weighted by atomic mass is 9.82. The van der Waals surface area contributed by atoms with Gasteiger partial charge in [-0.1, -0.05) is 0 Å². The highest BCUT2D eigenvalue weighted by atomic mass is 16.4. The van der Waals surface area contributed by atoms with E-state index in [0.29, 0.717) is 12.3 Å². The van der Waals surface area contributed by atoms with Crippen molar-refractivity contribution in [2.24, 2.45) is 17.8 Å². The average molecular weight is 181 g/mol. The average Bonchev–Trinajstić information content (AvgIpc) is 2.66. The van der Waals surface area contributed by atoms with Gasteiger partial charge in [0, 0.05) is 11.8 Å². The molecule has 1 heterocycles. The lowest BCUT2D eigenvalue weighted by Crippen LogP contribution is -2.54. The van der Waals surface area contributed by atoms with Crippen LogP contribution in [0.1, 0.15) is 19.3 Å². The van der Waals surface area contributed by atoms with Gasteiger partial charge in [0.25, 0.3) is 0 Å². The molecule has 0 radical (unpaired) electrons. The third-order valence-electron chi connectivity index (χ3n) is 4.04. The van der Waals surface area contributed by atoms with E-state index in [1.54, 1.807) is 0 Å². The summed E-state index contributed by atoms with van der Waals surface area (Å²) in [6.45, 7) is 0. The van der Waals surface area contributed by atoms with Crippen LogP contribution in [0.5, 0.6) is 0 Å². The molecule has 0 aromatic carbocycles. The van der Waals surface area contributed by atoms with E-state index in [1.165, 1.54) is 0 Å². The first kappa shape index (κ1) is 7.35. The Labute approximate surface area is 75.3 Å². The van der Waals surface area contributed by atoms with E-state index >= 15 is 0 Å². The minimum absolute atomic E-state index is 0.0103. The van der Waals surface area contributed by atoms with Crippen LogP contribution in [-0.4, -0.2) is 22.5 Å². The van der Waals surface area contributed by atoms with Gasteiger partial charge in [0.15, 0.2) is 0 Å². The highest BCUT2D eigenvalue weighted by Crippen LogP contribution is 2.58. The minimum Gasteiger partial charge on any atom is -0.479 e. The fourth-order valence-electron chi connectivity index (χ4n) is 3.57. The van der Waals surface area contributed by atoms with E-state index in [2.05, 4.69) is 5.32 Å². The molecule has 2 aliphatic carbocycles. The van der Waals surface area contributed by atoms with Crippen LogP contribution in [0.3, 0.4) is 0 Å². The highest BCUT2D eigenvalue weighted by Gasteiger charge is 2.68. The standard InChI is InChI=1S/C9H11NO3/c11-7-6-4-1-2-5(6)9(3-4,10-7)8(12)13/h4-6H,1-3H2,(H,10,11)(H,12,13). The molecular weight excluding hydrogens is 170 g/mol. The van der Waals surface area contributed by atoms with Crippen LogP contribution in [-0.2, 0) is 9.59 Å². The van der Waals surface area contributed by atoms with Crippen LogP contribution in [0.25, 0.3) is 0 Å². The maximum Gasteiger partial charge on any atom is 0.329 e. The second-order valence-electron chi connectivity index (χ2n) is 4.44. The van der Waals surface area contributed by atoms with E-state index in [9.17, 15) is 9.59 Å². The molecular formula is C9H11NO3. The number of hydrogen-bond donors (Lipinski definition) is 2. The number of aliphatic carboxylic acids is 1. The number of nitrogens with one attached hydrogen (secondary N) is 1. The molecule has 4 heteroatoms. The lowest BCUT2D eigenvalue weighted by molar-refractivity contribution is -0.148. The first-order valence-electron chi connectivity index (χ1n) is 4.70. The molecule has 13 heavy (non-hydrogen) atoms. The van der Waals surface area contributed by atoms with Crippen molar-refractivity contribution in [1.82, 2.24) is 5.32 Å². The Morgan fingerprint density at radius 3 is 2.85 bits per heavy atom. The summed E-state index contributed by atoms with van der Waals surface area (Å²) in [5, 5.41) is 11.8. The zero-order valence-corrected chi connectivity index (χ0v) is 7.12. The van der Waals surface area contributed by atoms with E-state index in [-0.39, 0.29) is 17.7 Å². The van der Waals surface area contributed by atoms with Crippen LogP contribution in [0.4, 0.5) is 0 Å². The zero-order valence-electron chi connectivity index (χ0n) is 7.12. The van der Waals surface area contributed by atoms with Gasteiger partial charge in [-0.15, -0.1) is 0 Å². The molecule has 4 atom stereocenters. The number of hydrogen-bond acceptors (Lipinski definition) is 2. The maximum atomic E-state index is 11.4.